The van der Waals surface area contributed by atoms with Crippen LogP contribution in [0.3, 0.4) is 0 Å². The fraction of sp³-hybridized carbons (Fsp3) is 0.333. The van der Waals surface area contributed by atoms with E-state index < -0.39 is 0 Å². The Balaban J connectivity index is 1.63. The quantitative estimate of drug-likeness (QED) is 0.733. The van der Waals surface area contributed by atoms with Gasteiger partial charge in [0.2, 0.25) is 0 Å². The fourth-order valence-corrected chi connectivity index (χ4v) is 3.42. The predicted octanol–water partition coefficient (Wildman–Crippen LogP) is 1.49. The van der Waals surface area contributed by atoms with Crippen molar-refractivity contribution in [1.29, 1.82) is 0 Å². The van der Waals surface area contributed by atoms with E-state index >= 15 is 0 Å². The zero-order valence-electron chi connectivity index (χ0n) is 13.7. The molecule has 1 aliphatic rings. The van der Waals surface area contributed by atoms with Crippen molar-refractivity contribution in [1.82, 2.24) is 15.0 Å². The third kappa shape index (κ3) is 2.93. The first kappa shape index (κ1) is 15.6. The van der Waals surface area contributed by atoms with Gasteiger partial charge in [0.15, 0.2) is 6.04 Å². The van der Waals surface area contributed by atoms with Gasteiger partial charge in [0.25, 0.3) is 11.4 Å². The van der Waals surface area contributed by atoms with Gasteiger partial charge in [-0.25, -0.2) is 4.79 Å². The highest BCUT2D eigenvalue weighted by atomic mass is 16.6. The summed E-state index contributed by atoms with van der Waals surface area (Å²) in [6, 6.07) is 10.2. The van der Waals surface area contributed by atoms with E-state index in [1.807, 2.05) is 6.07 Å². The van der Waals surface area contributed by atoms with Crippen molar-refractivity contribution in [3.8, 4) is 0 Å². The fourth-order valence-electron chi connectivity index (χ4n) is 3.42. The summed E-state index contributed by atoms with van der Waals surface area (Å²) in [6.45, 7) is 0. The number of nitrogens with zero attached hydrogens (tertiary/aromatic N) is 3. The van der Waals surface area contributed by atoms with E-state index in [0.29, 0.717) is 11.2 Å². The van der Waals surface area contributed by atoms with Gasteiger partial charge in [0, 0.05) is 6.20 Å². The number of rotatable bonds is 3. The average Bonchev–Trinajstić information content (AvgIpc) is 3.00. The summed E-state index contributed by atoms with van der Waals surface area (Å²) in [6.07, 6.45) is 6.89. The van der Waals surface area contributed by atoms with Crippen LogP contribution in [0.4, 0.5) is 0 Å². The van der Waals surface area contributed by atoms with Gasteiger partial charge >= 0.3 is 5.56 Å². The lowest BCUT2D eigenvalue weighted by atomic mass is 9.90. The van der Waals surface area contributed by atoms with Crippen LogP contribution in [0.15, 0.2) is 58.2 Å². The van der Waals surface area contributed by atoms with Crippen LogP contribution in [-0.4, -0.2) is 21.7 Å². The number of pyridine rings is 2. The van der Waals surface area contributed by atoms with Gasteiger partial charge < -0.3 is 5.32 Å². The molecular weight excluding hydrogens is 320 g/mol. The molecule has 0 bridgehead atoms. The van der Waals surface area contributed by atoms with Crippen molar-refractivity contribution >= 4 is 11.4 Å². The Kier molecular flexibility index (Phi) is 4.05. The maximum atomic E-state index is 12.7. The molecule has 128 valence electrons. The van der Waals surface area contributed by atoms with Crippen LogP contribution in [0.25, 0.3) is 5.52 Å². The van der Waals surface area contributed by atoms with Crippen LogP contribution < -0.4 is 15.4 Å². The normalized spacial score (nSPS) is 20.5. The first-order valence-electron chi connectivity index (χ1n) is 8.48. The molecule has 0 aliphatic heterocycles. The minimum absolute atomic E-state index is 0.165. The average molecular weight is 339 g/mol. The van der Waals surface area contributed by atoms with Crippen LogP contribution in [0.5, 0.6) is 0 Å². The summed E-state index contributed by atoms with van der Waals surface area (Å²) in [4.78, 5) is 29.2. The Hall–Kier alpha value is -2.96. The van der Waals surface area contributed by atoms with Crippen molar-refractivity contribution in [2.75, 3.05) is 0 Å². The van der Waals surface area contributed by atoms with E-state index in [1.165, 1.54) is 9.31 Å². The van der Waals surface area contributed by atoms with E-state index in [-0.39, 0.29) is 23.6 Å². The molecule has 1 N–H and O–H groups in total. The number of fused-ring (bicyclic) bond motifs is 1. The van der Waals surface area contributed by atoms with Crippen molar-refractivity contribution < 1.29 is 14.0 Å². The third-order valence-electron chi connectivity index (χ3n) is 4.66. The molecule has 7 heteroatoms. The second-order valence-corrected chi connectivity index (χ2v) is 6.27. The topological polar surface area (TPSA) is 81.2 Å². The molecule has 2 atom stereocenters. The highest BCUT2D eigenvalue weighted by Crippen LogP contribution is 2.27. The van der Waals surface area contributed by atoms with Crippen LogP contribution in [0, 0.1) is 0 Å². The molecule has 2 unspecified atom stereocenters. The van der Waals surface area contributed by atoms with Gasteiger partial charge in [0.05, 0.1) is 6.04 Å². The summed E-state index contributed by atoms with van der Waals surface area (Å²) in [5.74, 6) is -0.227. The predicted molar refractivity (Wildman–Crippen MR) is 89.1 cm³/mol. The second-order valence-electron chi connectivity index (χ2n) is 6.27. The third-order valence-corrected chi connectivity index (χ3v) is 4.66. The Morgan fingerprint density at radius 2 is 2.04 bits per heavy atom. The number of aromatic nitrogens is 3. The van der Waals surface area contributed by atoms with E-state index in [9.17, 15) is 9.59 Å². The second kappa shape index (κ2) is 6.51. The number of amides is 1. The van der Waals surface area contributed by atoms with Gasteiger partial charge in [-0.15, -0.1) is 4.63 Å². The van der Waals surface area contributed by atoms with E-state index in [0.717, 1.165) is 25.7 Å². The SMILES string of the molecule is O=C(NC1CCCCC1n1o[n+]2ccccc2c1=O)c1ccccn1. The standard InChI is InChI=1S/C18H18N4O3/c23-17(14-8-3-5-11-19-14)20-13-7-1-2-9-15(13)22-18(24)16-10-4-6-12-21(16)25-22/h3-6,8,10-13,15H,1-2,7,9H2/p+1. The molecule has 1 fully saturated rings. The van der Waals surface area contributed by atoms with Crippen molar-refractivity contribution in [2.24, 2.45) is 0 Å². The van der Waals surface area contributed by atoms with E-state index in [4.69, 9.17) is 4.63 Å². The lowest BCUT2D eigenvalue weighted by molar-refractivity contribution is -0.735. The van der Waals surface area contributed by atoms with Crippen LogP contribution in [0.1, 0.15) is 42.2 Å². The van der Waals surface area contributed by atoms with Gasteiger partial charge in [-0.05, 0) is 52.8 Å². The molecule has 4 rings (SSSR count). The molecule has 0 saturated heterocycles. The molecule has 0 aromatic carbocycles. The minimum Gasteiger partial charge on any atom is -0.344 e. The molecule has 1 aliphatic carbocycles. The van der Waals surface area contributed by atoms with Gasteiger partial charge in [0.1, 0.15) is 11.9 Å². The van der Waals surface area contributed by atoms with Crippen LogP contribution in [-0.2, 0) is 0 Å². The monoisotopic (exact) mass is 339 g/mol. The van der Waals surface area contributed by atoms with Crippen molar-refractivity contribution in [3.05, 3.63) is 64.8 Å². The zero-order valence-corrected chi connectivity index (χ0v) is 13.7. The summed E-state index contributed by atoms with van der Waals surface area (Å²) >= 11 is 0. The number of nitrogens with one attached hydrogen (secondary N) is 1. The summed E-state index contributed by atoms with van der Waals surface area (Å²) in [7, 11) is 0. The molecular formula is C18H19N4O3+. The Bertz CT molecular complexity index is 948. The Morgan fingerprint density at radius 3 is 2.84 bits per heavy atom. The van der Waals surface area contributed by atoms with Gasteiger partial charge in [-0.3, -0.25) is 9.78 Å². The van der Waals surface area contributed by atoms with Gasteiger partial charge in [-0.1, -0.05) is 18.6 Å². The minimum atomic E-state index is -0.227. The molecule has 1 saturated carbocycles. The smallest absolute Gasteiger partial charge is 0.344 e. The molecule has 7 nitrogen and oxygen atoms in total. The van der Waals surface area contributed by atoms with E-state index in [1.54, 1.807) is 42.7 Å². The largest absolute Gasteiger partial charge is 0.419 e. The molecule has 1 amide bonds. The van der Waals surface area contributed by atoms with Crippen LogP contribution >= 0.6 is 0 Å². The first-order chi connectivity index (χ1) is 12.2. The van der Waals surface area contributed by atoms with Crippen molar-refractivity contribution in [2.45, 2.75) is 37.8 Å². The summed E-state index contributed by atoms with van der Waals surface area (Å²) in [5.41, 5.74) is 0.686. The highest BCUT2D eigenvalue weighted by Gasteiger charge is 2.36. The summed E-state index contributed by atoms with van der Waals surface area (Å²) < 4.78 is 8.58. The zero-order chi connectivity index (χ0) is 17.2. The number of hydrogen-bond donors (Lipinski definition) is 1. The van der Waals surface area contributed by atoms with Gasteiger partial charge in [-0.2, -0.15) is 0 Å². The molecule has 0 radical (unpaired) electrons. The van der Waals surface area contributed by atoms with Crippen molar-refractivity contribution in [3.63, 3.8) is 0 Å². The molecule has 3 heterocycles. The first-order valence-corrected chi connectivity index (χ1v) is 8.48. The van der Waals surface area contributed by atoms with Crippen LogP contribution in [0.2, 0.25) is 0 Å². The lowest BCUT2D eigenvalue weighted by Crippen LogP contribution is -2.45. The Labute approximate surface area is 143 Å². The number of hydrogen-bond acceptors (Lipinski definition) is 4. The number of carbonyl (C=O) groups is 1. The van der Waals surface area contributed by atoms with E-state index in [2.05, 4.69) is 10.3 Å². The lowest BCUT2D eigenvalue weighted by Gasteiger charge is -2.27. The highest BCUT2D eigenvalue weighted by molar-refractivity contribution is 5.92. The Morgan fingerprint density at radius 1 is 1.20 bits per heavy atom. The number of carbonyl (C=O) groups excluding carboxylic acids is 1. The maximum absolute atomic E-state index is 12.7. The molecule has 0 spiro atoms. The maximum Gasteiger partial charge on any atom is 0.419 e. The molecule has 3 aromatic heterocycles. The summed E-state index contributed by atoms with van der Waals surface area (Å²) in [5, 5.41) is 3.02. The molecule has 3 aromatic rings. The molecule has 25 heavy (non-hydrogen) atoms.